The lowest BCUT2D eigenvalue weighted by molar-refractivity contribution is -0.138. The van der Waals surface area contributed by atoms with Crippen molar-refractivity contribution in [3.8, 4) is 11.5 Å². The molecule has 1 amide bonds. The normalized spacial score (nSPS) is 12.7. The van der Waals surface area contributed by atoms with Gasteiger partial charge in [0.15, 0.2) is 6.10 Å². The molecule has 2 aromatic rings. The van der Waals surface area contributed by atoms with Gasteiger partial charge in [0.1, 0.15) is 11.5 Å². The fraction of sp³-hybridized carbons (Fsp3) is 0.263. The number of carboxylic acid groups (broad SMARTS) is 1. The molecule has 0 saturated carbocycles. The van der Waals surface area contributed by atoms with E-state index < -0.39 is 18.0 Å². The first-order valence-electron chi connectivity index (χ1n) is 7.87. The smallest absolute Gasteiger partial charge is 0.312 e. The van der Waals surface area contributed by atoms with E-state index in [0.29, 0.717) is 17.1 Å². The topological polar surface area (TPSA) is 84.9 Å². The molecule has 0 fully saturated rings. The predicted molar refractivity (Wildman–Crippen MR) is 92.9 cm³/mol. The monoisotopic (exact) mass is 343 g/mol. The minimum Gasteiger partial charge on any atom is -0.497 e. The molecule has 2 aromatic carbocycles. The average Bonchev–Trinajstić information content (AvgIpc) is 2.63. The molecule has 25 heavy (non-hydrogen) atoms. The Bertz CT molecular complexity index is 700. The number of carboxylic acids is 1. The molecule has 0 bridgehead atoms. The molecule has 2 N–H and O–H groups in total. The largest absolute Gasteiger partial charge is 0.497 e. The van der Waals surface area contributed by atoms with Crippen LogP contribution in [0.5, 0.6) is 11.5 Å². The lowest BCUT2D eigenvalue weighted by atomic mass is 9.99. The molecule has 132 valence electrons. The second-order valence-electron chi connectivity index (χ2n) is 5.48. The van der Waals surface area contributed by atoms with Crippen LogP contribution in [0.3, 0.4) is 0 Å². The number of carbonyl (C=O) groups is 2. The molecule has 0 aliphatic rings. The van der Waals surface area contributed by atoms with E-state index in [0.717, 1.165) is 0 Å². The standard InChI is InChI=1S/C19H21NO5/c1-13(25-16-10-8-15(24-2)9-11-16)18(21)20-12-17(19(22)23)14-6-4-3-5-7-14/h3-11,13,17H,12H2,1-2H3,(H,20,21)(H,22,23)/t13-,17-/m0/s1. The van der Waals surface area contributed by atoms with Crippen LogP contribution in [0, 0.1) is 0 Å². The number of carbonyl (C=O) groups excluding carboxylic acids is 1. The molecule has 6 nitrogen and oxygen atoms in total. The quantitative estimate of drug-likeness (QED) is 0.769. The minimum atomic E-state index is -0.991. The highest BCUT2D eigenvalue weighted by atomic mass is 16.5. The van der Waals surface area contributed by atoms with Crippen LogP contribution in [0.4, 0.5) is 0 Å². The van der Waals surface area contributed by atoms with Gasteiger partial charge in [0.25, 0.3) is 5.91 Å². The lowest BCUT2D eigenvalue weighted by Crippen LogP contribution is -2.39. The molecule has 0 aliphatic carbocycles. The lowest BCUT2D eigenvalue weighted by Gasteiger charge is -2.17. The minimum absolute atomic E-state index is 0.00546. The Morgan fingerprint density at radius 2 is 1.64 bits per heavy atom. The van der Waals surface area contributed by atoms with E-state index in [1.165, 1.54) is 0 Å². The first-order chi connectivity index (χ1) is 12.0. The Labute approximate surface area is 146 Å². The van der Waals surface area contributed by atoms with Crippen LogP contribution < -0.4 is 14.8 Å². The molecule has 2 atom stereocenters. The molecule has 0 unspecified atom stereocenters. The van der Waals surface area contributed by atoms with Crippen LogP contribution in [0.15, 0.2) is 54.6 Å². The van der Waals surface area contributed by atoms with Crippen LogP contribution in [0.1, 0.15) is 18.4 Å². The molecule has 6 heteroatoms. The molecular formula is C19H21NO5. The fourth-order valence-electron chi connectivity index (χ4n) is 2.29. The number of nitrogens with one attached hydrogen (secondary N) is 1. The van der Waals surface area contributed by atoms with Gasteiger partial charge in [0, 0.05) is 6.54 Å². The second kappa shape index (κ2) is 8.73. The van der Waals surface area contributed by atoms with Crippen molar-refractivity contribution in [1.82, 2.24) is 5.32 Å². The summed E-state index contributed by atoms with van der Waals surface area (Å²) in [5.74, 6) is -0.954. The van der Waals surface area contributed by atoms with E-state index in [1.807, 2.05) is 6.07 Å². The number of methoxy groups -OCH3 is 1. The first kappa shape index (κ1) is 18.3. The zero-order valence-electron chi connectivity index (χ0n) is 14.1. The molecule has 0 radical (unpaired) electrons. The van der Waals surface area contributed by atoms with Crippen LogP contribution in [-0.4, -0.2) is 36.7 Å². The van der Waals surface area contributed by atoms with Crippen molar-refractivity contribution in [2.24, 2.45) is 0 Å². The molecule has 0 aliphatic heterocycles. The summed E-state index contributed by atoms with van der Waals surface area (Å²) in [5.41, 5.74) is 0.638. The molecule has 0 saturated heterocycles. The number of hydrogen-bond donors (Lipinski definition) is 2. The molecular weight excluding hydrogens is 322 g/mol. The Hall–Kier alpha value is -3.02. The summed E-state index contributed by atoms with van der Waals surface area (Å²) in [6.07, 6.45) is -0.751. The summed E-state index contributed by atoms with van der Waals surface area (Å²) in [7, 11) is 1.57. The number of ether oxygens (including phenoxy) is 2. The predicted octanol–water partition coefficient (Wildman–Crippen LogP) is 2.45. The van der Waals surface area contributed by atoms with Crippen LogP contribution in [0.2, 0.25) is 0 Å². The van der Waals surface area contributed by atoms with Gasteiger partial charge in [-0.05, 0) is 36.8 Å². The maximum atomic E-state index is 12.2. The summed E-state index contributed by atoms with van der Waals surface area (Å²) in [6, 6.07) is 15.7. The van der Waals surface area contributed by atoms with Crippen LogP contribution >= 0.6 is 0 Å². The van der Waals surface area contributed by atoms with Gasteiger partial charge in [0.05, 0.1) is 13.0 Å². The van der Waals surface area contributed by atoms with Gasteiger partial charge in [-0.1, -0.05) is 30.3 Å². The summed E-state index contributed by atoms with van der Waals surface area (Å²) in [6.45, 7) is 1.60. The van der Waals surface area contributed by atoms with Gasteiger partial charge in [-0.2, -0.15) is 0 Å². The van der Waals surface area contributed by atoms with Gasteiger partial charge in [0.2, 0.25) is 0 Å². The summed E-state index contributed by atoms with van der Waals surface area (Å²) >= 11 is 0. The van der Waals surface area contributed by atoms with Gasteiger partial charge in [-0.3, -0.25) is 9.59 Å². The van der Waals surface area contributed by atoms with Gasteiger partial charge < -0.3 is 19.9 Å². The maximum absolute atomic E-state index is 12.2. The van der Waals surface area contributed by atoms with Gasteiger partial charge in [-0.15, -0.1) is 0 Å². The third-order valence-corrected chi connectivity index (χ3v) is 3.72. The third kappa shape index (κ3) is 5.24. The molecule has 0 spiro atoms. The van der Waals surface area contributed by atoms with E-state index in [1.54, 1.807) is 62.6 Å². The number of aliphatic carboxylic acids is 1. The Morgan fingerprint density at radius 3 is 2.20 bits per heavy atom. The van der Waals surface area contributed by atoms with Crippen molar-refractivity contribution in [1.29, 1.82) is 0 Å². The second-order valence-corrected chi connectivity index (χ2v) is 5.48. The van der Waals surface area contributed by atoms with E-state index in [4.69, 9.17) is 9.47 Å². The Balaban J connectivity index is 1.92. The van der Waals surface area contributed by atoms with Crippen molar-refractivity contribution >= 4 is 11.9 Å². The van der Waals surface area contributed by atoms with Crippen molar-refractivity contribution in [3.05, 3.63) is 60.2 Å². The van der Waals surface area contributed by atoms with E-state index >= 15 is 0 Å². The van der Waals surface area contributed by atoms with Crippen molar-refractivity contribution in [2.45, 2.75) is 18.9 Å². The van der Waals surface area contributed by atoms with Crippen molar-refractivity contribution < 1.29 is 24.2 Å². The Morgan fingerprint density at radius 1 is 1.04 bits per heavy atom. The number of benzene rings is 2. The summed E-state index contributed by atoms with van der Waals surface area (Å²) in [5, 5.41) is 12.0. The van der Waals surface area contributed by atoms with Gasteiger partial charge in [-0.25, -0.2) is 0 Å². The first-order valence-corrected chi connectivity index (χ1v) is 7.87. The van der Waals surface area contributed by atoms with Crippen molar-refractivity contribution in [3.63, 3.8) is 0 Å². The van der Waals surface area contributed by atoms with E-state index in [-0.39, 0.29) is 12.5 Å². The number of hydrogen-bond acceptors (Lipinski definition) is 4. The molecule has 0 heterocycles. The highest BCUT2D eigenvalue weighted by Crippen LogP contribution is 2.18. The summed E-state index contributed by atoms with van der Waals surface area (Å²) in [4.78, 5) is 23.6. The average molecular weight is 343 g/mol. The number of rotatable bonds is 8. The fourth-order valence-corrected chi connectivity index (χ4v) is 2.29. The van der Waals surface area contributed by atoms with Gasteiger partial charge >= 0.3 is 5.97 Å². The SMILES string of the molecule is COc1ccc(O[C@@H](C)C(=O)NC[C@H](C(=O)O)c2ccccc2)cc1. The van der Waals surface area contributed by atoms with Crippen molar-refractivity contribution in [2.75, 3.05) is 13.7 Å². The van der Waals surface area contributed by atoms with E-state index in [9.17, 15) is 14.7 Å². The van der Waals surface area contributed by atoms with Crippen LogP contribution in [0.25, 0.3) is 0 Å². The summed E-state index contributed by atoms with van der Waals surface area (Å²) < 4.78 is 10.6. The van der Waals surface area contributed by atoms with Crippen LogP contribution in [-0.2, 0) is 9.59 Å². The zero-order valence-corrected chi connectivity index (χ0v) is 14.1. The maximum Gasteiger partial charge on any atom is 0.312 e. The zero-order chi connectivity index (χ0) is 18.2. The van der Waals surface area contributed by atoms with E-state index in [2.05, 4.69) is 5.32 Å². The Kier molecular flexibility index (Phi) is 6.39. The number of amides is 1. The third-order valence-electron chi connectivity index (χ3n) is 3.72. The highest BCUT2D eigenvalue weighted by Gasteiger charge is 2.22. The molecule has 0 aromatic heterocycles. The molecule has 2 rings (SSSR count). The highest BCUT2D eigenvalue weighted by molar-refractivity contribution is 5.82.